The van der Waals surface area contributed by atoms with Crippen LogP contribution in [0.5, 0.6) is 0 Å². The average Bonchev–Trinajstić information content (AvgIpc) is 2.90. The first-order valence-electron chi connectivity index (χ1n) is 9.30. The molecular formula is C21H27N3O4. The zero-order chi connectivity index (χ0) is 20.8. The van der Waals surface area contributed by atoms with E-state index in [-0.39, 0.29) is 24.3 Å². The van der Waals surface area contributed by atoms with Gasteiger partial charge in [0.1, 0.15) is 5.69 Å². The second kappa shape index (κ2) is 9.21. The molecule has 1 heterocycles. The van der Waals surface area contributed by atoms with Gasteiger partial charge in [-0.25, -0.2) is 4.79 Å². The highest BCUT2D eigenvalue weighted by Crippen LogP contribution is 2.21. The second-order valence-corrected chi connectivity index (χ2v) is 7.02. The summed E-state index contributed by atoms with van der Waals surface area (Å²) in [7, 11) is 0. The van der Waals surface area contributed by atoms with Crippen molar-refractivity contribution in [2.24, 2.45) is 5.92 Å². The summed E-state index contributed by atoms with van der Waals surface area (Å²) in [5, 5.41) is 5.61. The van der Waals surface area contributed by atoms with Crippen molar-refractivity contribution in [1.82, 2.24) is 4.98 Å². The molecule has 7 heteroatoms. The third-order valence-corrected chi connectivity index (χ3v) is 4.16. The summed E-state index contributed by atoms with van der Waals surface area (Å²) in [5.74, 6) is -0.566. The van der Waals surface area contributed by atoms with E-state index in [4.69, 9.17) is 4.74 Å². The standard InChI is InChI=1S/C21H27N3O4/c1-6-28-21(27)18-13(4)19(22-14(18)5)20(26)24-16-9-7-15(8-10-16)23-17(25)11-12(2)3/h7-10,12,22H,6,11H2,1-5H3,(H,23,25)(H,24,26). The fourth-order valence-corrected chi connectivity index (χ4v) is 2.90. The Kier molecular flexibility index (Phi) is 6.98. The number of aromatic nitrogens is 1. The smallest absolute Gasteiger partial charge is 0.340 e. The van der Waals surface area contributed by atoms with Crippen LogP contribution in [-0.4, -0.2) is 29.4 Å². The Morgan fingerprint density at radius 2 is 1.61 bits per heavy atom. The summed E-state index contributed by atoms with van der Waals surface area (Å²) in [5.41, 5.74) is 3.08. The third-order valence-electron chi connectivity index (χ3n) is 4.16. The SMILES string of the molecule is CCOC(=O)c1c(C)[nH]c(C(=O)Nc2ccc(NC(=O)CC(C)C)cc2)c1C. The highest BCUT2D eigenvalue weighted by atomic mass is 16.5. The summed E-state index contributed by atoms with van der Waals surface area (Å²) < 4.78 is 5.04. The van der Waals surface area contributed by atoms with Gasteiger partial charge >= 0.3 is 5.97 Å². The van der Waals surface area contributed by atoms with Gasteiger partial charge < -0.3 is 20.4 Å². The van der Waals surface area contributed by atoms with Crippen LogP contribution in [-0.2, 0) is 9.53 Å². The number of anilines is 2. The van der Waals surface area contributed by atoms with E-state index in [1.54, 1.807) is 45.0 Å². The molecule has 28 heavy (non-hydrogen) atoms. The molecule has 2 amide bonds. The van der Waals surface area contributed by atoms with Gasteiger partial charge in [0.05, 0.1) is 12.2 Å². The van der Waals surface area contributed by atoms with E-state index in [0.717, 1.165) is 0 Å². The predicted octanol–water partition coefficient (Wildman–Crippen LogP) is 4.05. The van der Waals surface area contributed by atoms with Crippen molar-refractivity contribution in [3.63, 3.8) is 0 Å². The van der Waals surface area contributed by atoms with E-state index < -0.39 is 5.97 Å². The molecule has 150 valence electrons. The van der Waals surface area contributed by atoms with Gasteiger partial charge in [0.15, 0.2) is 0 Å². The largest absolute Gasteiger partial charge is 0.462 e. The Morgan fingerprint density at radius 3 is 2.14 bits per heavy atom. The topological polar surface area (TPSA) is 100 Å². The Balaban J connectivity index is 2.08. The average molecular weight is 385 g/mol. The zero-order valence-corrected chi connectivity index (χ0v) is 16.9. The van der Waals surface area contributed by atoms with E-state index in [1.165, 1.54) is 0 Å². The number of H-pyrrole nitrogens is 1. The molecule has 0 aliphatic carbocycles. The lowest BCUT2D eigenvalue weighted by Crippen LogP contribution is -2.15. The highest BCUT2D eigenvalue weighted by molar-refractivity contribution is 6.07. The number of hydrogen-bond donors (Lipinski definition) is 3. The molecule has 2 rings (SSSR count). The third kappa shape index (κ3) is 5.22. The Hall–Kier alpha value is -3.09. The Morgan fingerprint density at radius 1 is 1.04 bits per heavy atom. The van der Waals surface area contributed by atoms with E-state index in [0.29, 0.717) is 40.3 Å². The van der Waals surface area contributed by atoms with Crippen molar-refractivity contribution in [3.05, 3.63) is 46.8 Å². The highest BCUT2D eigenvalue weighted by Gasteiger charge is 2.22. The lowest BCUT2D eigenvalue weighted by Gasteiger charge is -2.09. The van der Waals surface area contributed by atoms with E-state index in [2.05, 4.69) is 15.6 Å². The van der Waals surface area contributed by atoms with Gasteiger partial charge in [0.2, 0.25) is 5.91 Å². The van der Waals surface area contributed by atoms with Crippen LogP contribution >= 0.6 is 0 Å². The van der Waals surface area contributed by atoms with Gasteiger partial charge in [-0.2, -0.15) is 0 Å². The van der Waals surface area contributed by atoms with E-state index in [9.17, 15) is 14.4 Å². The normalized spacial score (nSPS) is 10.6. The summed E-state index contributed by atoms with van der Waals surface area (Å²) in [6.45, 7) is 9.40. The van der Waals surface area contributed by atoms with Crippen LogP contribution in [0.4, 0.5) is 11.4 Å². The van der Waals surface area contributed by atoms with Crippen LogP contribution in [0.3, 0.4) is 0 Å². The maximum absolute atomic E-state index is 12.6. The van der Waals surface area contributed by atoms with E-state index >= 15 is 0 Å². The van der Waals surface area contributed by atoms with Crippen molar-refractivity contribution in [3.8, 4) is 0 Å². The maximum Gasteiger partial charge on any atom is 0.340 e. The molecule has 1 aromatic carbocycles. The van der Waals surface area contributed by atoms with Gasteiger partial charge in [-0.05, 0) is 56.5 Å². The molecule has 0 bridgehead atoms. The number of benzene rings is 1. The molecular weight excluding hydrogens is 358 g/mol. The molecule has 0 saturated heterocycles. The minimum absolute atomic E-state index is 0.0456. The number of aromatic amines is 1. The van der Waals surface area contributed by atoms with Crippen molar-refractivity contribution < 1.29 is 19.1 Å². The van der Waals surface area contributed by atoms with Crippen LogP contribution in [0.25, 0.3) is 0 Å². The molecule has 0 fully saturated rings. The molecule has 0 aliphatic heterocycles. The molecule has 1 aromatic heterocycles. The maximum atomic E-state index is 12.6. The van der Waals surface area contributed by atoms with Crippen molar-refractivity contribution in [2.75, 3.05) is 17.2 Å². The lowest BCUT2D eigenvalue weighted by atomic mass is 10.1. The minimum atomic E-state index is -0.450. The number of aryl methyl sites for hydroxylation is 1. The second-order valence-electron chi connectivity index (χ2n) is 7.02. The van der Waals surface area contributed by atoms with Crippen LogP contribution in [0.15, 0.2) is 24.3 Å². The summed E-state index contributed by atoms with van der Waals surface area (Å²) >= 11 is 0. The quantitative estimate of drug-likeness (QED) is 0.626. The van der Waals surface area contributed by atoms with Gasteiger partial charge in [0, 0.05) is 23.5 Å². The number of ether oxygens (including phenoxy) is 1. The van der Waals surface area contributed by atoms with Crippen LogP contribution in [0.2, 0.25) is 0 Å². The number of rotatable bonds is 7. The predicted molar refractivity (Wildman–Crippen MR) is 109 cm³/mol. The summed E-state index contributed by atoms with van der Waals surface area (Å²) in [6, 6.07) is 6.87. The molecule has 0 unspecified atom stereocenters. The number of amides is 2. The minimum Gasteiger partial charge on any atom is -0.462 e. The van der Waals surface area contributed by atoms with Crippen molar-refractivity contribution in [2.45, 2.75) is 41.0 Å². The first-order valence-corrected chi connectivity index (χ1v) is 9.30. The Bertz CT molecular complexity index is 867. The monoisotopic (exact) mass is 385 g/mol. The van der Waals surface area contributed by atoms with Crippen LogP contribution in [0, 0.1) is 19.8 Å². The van der Waals surface area contributed by atoms with Gasteiger partial charge in [-0.15, -0.1) is 0 Å². The molecule has 0 radical (unpaired) electrons. The number of carbonyl (C=O) groups excluding carboxylic acids is 3. The Labute approximate surface area is 164 Å². The summed E-state index contributed by atoms with van der Waals surface area (Å²) in [4.78, 5) is 39.4. The van der Waals surface area contributed by atoms with Crippen LogP contribution < -0.4 is 10.6 Å². The van der Waals surface area contributed by atoms with Gasteiger partial charge in [-0.3, -0.25) is 9.59 Å². The molecule has 7 nitrogen and oxygen atoms in total. The van der Waals surface area contributed by atoms with Crippen molar-refractivity contribution >= 4 is 29.2 Å². The zero-order valence-electron chi connectivity index (χ0n) is 16.9. The fourth-order valence-electron chi connectivity index (χ4n) is 2.90. The number of hydrogen-bond acceptors (Lipinski definition) is 4. The number of nitrogens with one attached hydrogen (secondary N) is 3. The summed E-state index contributed by atoms with van der Waals surface area (Å²) in [6.07, 6.45) is 0.451. The molecule has 0 saturated carbocycles. The molecule has 0 spiro atoms. The van der Waals surface area contributed by atoms with Gasteiger partial charge in [0.25, 0.3) is 5.91 Å². The number of esters is 1. The lowest BCUT2D eigenvalue weighted by molar-refractivity contribution is -0.116. The van der Waals surface area contributed by atoms with E-state index in [1.807, 2.05) is 13.8 Å². The number of carbonyl (C=O) groups is 3. The first-order chi connectivity index (χ1) is 13.2. The molecule has 3 N–H and O–H groups in total. The fraction of sp³-hybridized carbons (Fsp3) is 0.381. The molecule has 0 aliphatic rings. The molecule has 2 aromatic rings. The van der Waals surface area contributed by atoms with Gasteiger partial charge in [-0.1, -0.05) is 13.8 Å². The first kappa shape index (κ1) is 21.2. The molecule has 0 atom stereocenters. The van der Waals surface area contributed by atoms with Crippen molar-refractivity contribution in [1.29, 1.82) is 0 Å². The van der Waals surface area contributed by atoms with Crippen LogP contribution in [0.1, 0.15) is 59.3 Å².